The lowest BCUT2D eigenvalue weighted by Crippen LogP contribution is -2.28. The van der Waals surface area contributed by atoms with Gasteiger partial charge in [-0.25, -0.2) is 0 Å². The Morgan fingerprint density at radius 3 is 2.41 bits per heavy atom. The maximum Gasteiger partial charge on any atom is 0.126 e. The molecule has 2 atom stereocenters. The highest BCUT2D eigenvalue weighted by molar-refractivity contribution is 5.60. The SMILES string of the molecule is COc1cccc(N(C)CC(C)O)c1C(C)O. The fourth-order valence-electron chi connectivity index (χ4n) is 1.96. The number of aliphatic hydroxyl groups excluding tert-OH is 2. The van der Waals surface area contributed by atoms with Crippen LogP contribution in [0, 0.1) is 0 Å². The third kappa shape index (κ3) is 3.35. The fourth-order valence-corrected chi connectivity index (χ4v) is 1.96. The average molecular weight is 239 g/mol. The highest BCUT2D eigenvalue weighted by atomic mass is 16.5. The average Bonchev–Trinajstić information content (AvgIpc) is 2.26. The maximum absolute atomic E-state index is 9.83. The summed E-state index contributed by atoms with van der Waals surface area (Å²) in [5.74, 6) is 0.662. The van der Waals surface area contributed by atoms with Crippen molar-refractivity contribution in [2.75, 3.05) is 25.6 Å². The molecule has 0 saturated heterocycles. The second-order valence-corrected chi connectivity index (χ2v) is 4.30. The Labute approximate surface area is 102 Å². The van der Waals surface area contributed by atoms with E-state index in [-0.39, 0.29) is 0 Å². The number of nitrogens with zero attached hydrogens (tertiary/aromatic N) is 1. The normalized spacial score (nSPS) is 14.2. The van der Waals surface area contributed by atoms with Crippen LogP contribution in [0.25, 0.3) is 0 Å². The zero-order valence-corrected chi connectivity index (χ0v) is 10.8. The Morgan fingerprint density at radius 2 is 1.94 bits per heavy atom. The van der Waals surface area contributed by atoms with E-state index in [1.54, 1.807) is 21.0 Å². The molecule has 1 rings (SSSR count). The fraction of sp³-hybridized carbons (Fsp3) is 0.538. The predicted molar refractivity (Wildman–Crippen MR) is 68.6 cm³/mol. The van der Waals surface area contributed by atoms with Gasteiger partial charge in [-0.3, -0.25) is 0 Å². The first-order valence-electron chi connectivity index (χ1n) is 5.71. The minimum absolute atomic E-state index is 0.423. The molecule has 0 radical (unpaired) electrons. The Kier molecular flexibility index (Phi) is 4.78. The molecule has 0 aliphatic carbocycles. The van der Waals surface area contributed by atoms with Gasteiger partial charge < -0.3 is 19.8 Å². The minimum Gasteiger partial charge on any atom is -0.496 e. The highest BCUT2D eigenvalue weighted by Gasteiger charge is 2.17. The molecular weight excluding hydrogens is 218 g/mol. The van der Waals surface area contributed by atoms with E-state index in [1.165, 1.54) is 0 Å². The van der Waals surface area contributed by atoms with E-state index in [2.05, 4.69) is 0 Å². The van der Waals surface area contributed by atoms with Crippen LogP contribution in [0.5, 0.6) is 5.75 Å². The van der Waals surface area contributed by atoms with E-state index in [0.29, 0.717) is 12.3 Å². The molecule has 2 N–H and O–H groups in total. The van der Waals surface area contributed by atoms with Crippen molar-refractivity contribution in [1.29, 1.82) is 0 Å². The summed E-state index contributed by atoms with van der Waals surface area (Å²) < 4.78 is 5.25. The Morgan fingerprint density at radius 1 is 1.29 bits per heavy atom. The van der Waals surface area contributed by atoms with Crippen LogP contribution in [0.15, 0.2) is 18.2 Å². The summed E-state index contributed by atoms with van der Waals surface area (Å²) in [6, 6.07) is 5.60. The van der Waals surface area contributed by atoms with Crippen LogP contribution < -0.4 is 9.64 Å². The third-order valence-electron chi connectivity index (χ3n) is 2.63. The molecule has 0 heterocycles. The van der Waals surface area contributed by atoms with Gasteiger partial charge in [-0.2, -0.15) is 0 Å². The zero-order valence-electron chi connectivity index (χ0n) is 10.8. The van der Waals surface area contributed by atoms with Crippen molar-refractivity contribution in [3.8, 4) is 5.75 Å². The highest BCUT2D eigenvalue weighted by Crippen LogP contribution is 2.34. The molecule has 0 saturated carbocycles. The summed E-state index contributed by atoms with van der Waals surface area (Å²) >= 11 is 0. The van der Waals surface area contributed by atoms with Crippen molar-refractivity contribution in [2.45, 2.75) is 26.1 Å². The Balaban J connectivity index is 3.13. The van der Waals surface area contributed by atoms with Gasteiger partial charge in [0.05, 0.1) is 19.3 Å². The van der Waals surface area contributed by atoms with Crippen LogP contribution in [0.3, 0.4) is 0 Å². The van der Waals surface area contributed by atoms with Crippen molar-refractivity contribution >= 4 is 5.69 Å². The summed E-state index contributed by atoms with van der Waals surface area (Å²) in [7, 11) is 3.47. The van der Waals surface area contributed by atoms with E-state index in [4.69, 9.17) is 4.74 Å². The van der Waals surface area contributed by atoms with Gasteiger partial charge in [0.1, 0.15) is 5.75 Å². The molecule has 0 aliphatic heterocycles. The van der Waals surface area contributed by atoms with Crippen LogP contribution in [0.2, 0.25) is 0 Å². The van der Waals surface area contributed by atoms with Crippen LogP contribution in [0.4, 0.5) is 5.69 Å². The molecular formula is C13H21NO3. The number of methoxy groups -OCH3 is 1. The van der Waals surface area contributed by atoms with Gasteiger partial charge in [-0.05, 0) is 26.0 Å². The minimum atomic E-state index is -0.613. The second-order valence-electron chi connectivity index (χ2n) is 4.30. The van der Waals surface area contributed by atoms with Gasteiger partial charge in [0.25, 0.3) is 0 Å². The second kappa shape index (κ2) is 5.89. The van der Waals surface area contributed by atoms with E-state index >= 15 is 0 Å². The molecule has 1 aromatic rings. The van der Waals surface area contributed by atoms with Gasteiger partial charge >= 0.3 is 0 Å². The quantitative estimate of drug-likeness (QED) is 0.819. The van der Waals surface area contributed by atoms with Gasteiger partial charge in [0.2, 0.25) is 0 Å². The number of likely N-dealkylation sites (N-methyl/N-ethyl adjacent to an activating group) is 1. The molecule has 0 aliphatic rings. The lowest BCUT2D eigenvalue weighted by Gasteiger charge is -2.26. The predicted octanol–water partition coefficient (Wildman–Crippen LogP) is 1.57. The van der Waals surface area contributed by atoms with Gasteiger partial charge in [0, 0.05) is 24.8 Å². The van der Waals surface area contributed by atoms with Crippen LogP contribution in [-0.2, 0) is 0 Å². The standard InChI is InChI=1S/C13H21NO3/c1-9(15)8-14(3)11-6-5-7-12(17-4)13(11)10(2)16/h5-7,9-10,15-16H,8H2,1-4H3. The number of ether oxygens (including phenoxy) is 1. The van der Waals surface area contributed by atoms with Gasteiger partial charge in [-0.1, -0.05) is 6.07 Å². The lowest BCUT2D eigenvalue weighted by molar-refractivity contribution is 0.191. The summed E-state index contributed by atoms with van der Waals surface area (Å²) in [6.45, 7) is 3.95. The first-order valence-corrected chi connectivity index (χ1v) is 5.71. The number of rotatable bonds is 5. The lowest BCUT2D eigenvalue weighted by atomic mass is 10.1. The van der Waals surface area contributed by atoms with Crippen molar-refractivity contribution in [3.05, 3.63) is 23.8 Å². The number of anilines is 1. The molecule has 0 fully saturated rings. The van der Waals surface area contributed by atoms with Crippen molar-refractivity contribution in [3.63, 3.8) is 0 Å². The first kappa shape index (κ1) is 13.8. The monoisotopic (exact) mass is 239 g/mol. The number of aliphatic hydroxyl groups is 2. The molecule has 4 heteroatoms. The first-order chi connectivity index (χ1) is 7.97. The Bertz CT molecular complexity index is 364. The van der Waals surface area contributed by atoms with E-state index in [1.807, 2.05) is 30.1 Å². The molecule has 17 heavy (non-hydrogen) atoms. The zero-order chi connectivity index (χ0) is 13.0. The summed E-state index contributed by atoms with van der Waals surface area (Å²) in [5.41, 5.74) is 1.62. The van der Waals surface area contributed by atoms with Crippen molar-refractivity contribution in [2.24, 2.45) is 0 Å². The van der Waals surface area contributed by atoms with Crippen molar-refractivity contribution < 1.29 is 14.9 Å². The van der Waals surface area contributed by atoms with Gasteiger partial charge in [-0.15, -0.1) is 0 Å². The third-order valence-corrected chi connectivity index (χ3v) is 2.63. The molecule has 0 amide bonds. The topological polar surface area (TPSA) is 52.9 Å². The number of hydrogen-bond acceptors (Lipinski definition) is 4. The van der Waals surface area contributed by atoms with E-state index in [9.17, 15) is 10.2 Å². The smallest absolute Gasteiger partial charge is 0.126 e. The van der Waals surface area contributed by atoms with E-state index in [0.717, 1.165) is 11.3 Å². The molecule has 0 spiro atoms. The summed E-state index contributed by atoms with van der Waals surface area (Å²) in [6.07, 6.45) is -1.04. The van der Waals surface area contributed by atoms with E-state index < -0.39 is 12.2 Å². The molecule has 0 aromatic heterocycles. The molecule has 96 valence electrons. The van der Waals surface area contributed by atoms with Crippen LogP contribution in [-0.4, -0.2) is 37.0 Å². The Hall–Kier alpha value is -1.26. The largest absolute Gasteiger partial charge is 0.496 e. The molecule has 1 aromatic carbocycles. The molecule has 4 nitrogen and oxygen atoms in total. The maximum atomic E-state index is 9.83. The number of hydrogen-bond donors (Lipinski definition) is 2. The number of benzene rings is 1. The van der Waals surface area contributed by atoms with Gasteiger partial charge in [0.15, 0.2) is 0 Å². The summed E-state index contributed by atoms with van der Waals surface area (Å²) in [4.78, 5) is 1.91. The van der Waals surface area contributed by atoms with Crippen LogP contribution in [0.1, 0.15) is 25.5 Å². The molecule has 0 bridgehead atoms. The van der Waals surface area contributed by atoms with Crippen LogP contribution >= 0.6 is 0 Å². The summed E-state index contributed by atoms with van der Waals surface area (Å²) in [5, 5.41) is 19.2. The molecule has 2 unspecified atom stereocenters. The van der Waals surface area contributed by atoms with Crippen molar-refractivity contribution in [1.82, 2.24) is 0 Å².